The number of aromatic nitrogens is 4. The third kappa shape index (κ3) is 3.00. The highest BCUT2D eigenvalue weighted by Gasteiger charge is 2.13. The Bertz CT molecular complexity index is 597. The van der Waals surface area contributed by atoms with Crippen LogP contribution in [0, 0.1) is 0 Å². The van der Waals surface area contributed by atoms with E-state index in [1.165, 1.54) is 12.1 Å². The zero-order valence-corrected chi connectivity index (χ0v) is 11.1. The van der Waals surface area contributed by atoms with Gasteiger partial charge in [-0.1, -0.05) is 11.6 Å². The number of nitrogens with two attached hydrogens (primary N) is 1. The first-order chi connectivity index (χ1) is 9.11. The molecule has 0 unspecified atom stereocenters. The number of hydrogen-bond acceptors (Lipinski definition) is 5. The van der Waals surface area contributed by atoms with Gasteiger partial charge in [0, 0.05) is 6.54 Å². The Morgan fingerprint density at radius 3 is 3.05 bits per heavy atom. The summed E-state index contributed by atoms with van der Waals surface area (Å²) in [5, 5.41) is 10.6. The summed E-state index contributed by atoms with van der Waals surface area (Å²) in [6.45, 7) is 2.94. The third-order valence-corrected chi connectivity index (χ3v) is 2.83. The van der Waals surface area contributed by atoms with Gasteiger partial charge in [-0.25, -0.2) is 4.98 Å². The van der Waals surface area contributed by atoms with Gasteiger partial charge in [-0.05, 0) is 19.1 Å². The number of halogens is 1. The molecule has 0 fully saturated rings. The van der Waals surface area contributed by atoms with E-state index in [0.29, 0.717) is 5.82 Å². The molecule has 2 aromatic rings. The van der Waals surface area contributed by atoms with Gasteiger partial charge in [0.05, 0.1) is 11.6 Å². The predicted octanol–water partition coefficient (Wildman–Crippen LogP) is 0.859. The minimum atomic E-state index is -0.400. The van der Waals surface area contributed by atoms with E-state index in [2.05, 4.69) is 20.5 Å². The van der Waals surface area contributed by atoms with E-state index in [4.69, 9.17) is 17.3 Å². The fraction of sp³-hybridized carbons (Fsp3) is 0.273. The van der Waals surface area contributed by atoms with Gasteiger partial charge in [-0.3, -0.25) is 4.79 Å². The lowest BCUT2D eigenvalue weighted by Gasteiger charge is -2.07. The minimum Gasteiger partial charge on any atom is -0.384 e. The predicted molar refractivity (Wildman–Crippen MR) is 70.5 cm³/mol. The Morgan fingerprint density at radius 2 is 2.32 bits per heavy atom. The number of carbonyl (C=O) groups excluding carboxylic acids is 1. The van der Waals surface area contributed by atoms with Crippen LogP contribution in [0.4, 0.5) is 5.82 Å². The van der Waals surface area contributed by atoms with Crippen molar-refractivity contribution in [1.29, 1.82) is 0 Å². The van der Waals surface area contributed by atoms with E-state index < -0.39 is 5.91 Å². The van der Waals surface area contributed by atoms with Crippen molar-refractivity contribution in [2.75, 3.05) is 5.73 Å². The van der Waals surface area contributed by atoms with Crippen molar-refractivity contribution in [2.45, 2.75) is 20.0 Å². The highest BCUT2D eigenvalue weighted by Crippen LogP contribution is 2.15. The summed E-state index contributed by atoms with van der Waals surface area (Å²) in [5.74, 6) is 0.505. The summed E-state index contributed by atoms with van der Waals surface area (Å²) in [4.78, 5) is 15.8. The lowest BCUT2D eigenvalue weighted by Crippen LogP contribution is -2.26. The molecule has 0 aliphatic carbocycles. The van der Waals surface area contributed by atoms with E-state index in [-0.39, 0.29) is 23.1 Å². The summed E-state index contributed by atoms with van der Waals surface area (Å²) in [7, 11) is 0. The molecule has 0 saturated heterocycles. The molecule has 0 spiro atoms. The average Bonchev–Trinajstić information content (AvgIpc) is 2.86. The van der Waals surface area contributed by atoms with Crippen LogP contribution < -0.4 is 11.1 Å². The molecule has 0 radical (unpaired) electrons. The van der Waals surface area contributed by atoms with Crippen LogP contribution in [0.5, 0.6) is 0 Å². The minimum absolute atomic E-state index is 0.101. The topological polar surface area (TPSA) is 98.7 Å². The van der Waals surface area contributed by atoms with Crippen LogP contribution >= 0.6 is 11.6 Å². The van der Waals surface area contributed by atoms with Crippen molar-refractivity contribution in [3.63, 3.8) is 0 Å². The third-order valence-electron chi connectivity index (χ3n) is 2.53. The van der Waals surface area contributed by atoms with E-state index >= 15 is 0 Å². The number of anilines is 1. The summed E-state index contributed by atoms with van der Waals surface area (Å²) in [6, 6.07) is 3.07. The van der Waals surface area contributed by atoms with Crippen molar-refractivity contribution in [2.24, 2.45) is 0 Å². The van der Waals surface area contributed by atoms with E-state index in [1.807, 2.05) is 11.5 Å². The molecule has 2 rings (SSSR count). The van der Waals surface area contributed by atoms with Crippen LogP contribution in [0.2, 0.25) is 5.02 Å². The van der Waals surface area contributed by atoms with Crippen LogP contribution in [0.25, 0.3) is 0 Å². The second-order valence-corrected chi connectivity index (χ2v) is 4.19. The molecule has 2 aromatic heterocycles. The van der Waals surface area contributed by atoms with Gasteiger partial charge in [0.2, 0.25) is 0 Å². The fourth-order valence-corrected chi connectivity index (χ4v) is 1.73. The number of hydrogen-bond donors (Lipinski definition) is 2. The number of carbonyl (C=O) groups is 1. The Morgan fingerprint density at radius 1 is 1.53 bits per heavy atom. The molecule has 8 heteroatoms. The van der Waals surface area contributed by atoms with Crippen molar-refractivity contribution in [3.8, 4) is 0 Å². The maximum absolute atomic E-state index is 11.9. The maximum Gasteiger partial charge on any atom is 0.271 e. The van der Waals surface area contributed by atoms with Crippen LogP contribution in [0.3, 0.4) is 0 Å². The molecular formula is C11H13ClN6O. The lowest BCUT2D eigenvalue weighted by molar-refractivity contribution is 0.0945. The maximum atomic E-state index is 11.9. The molecule has 0 bridgehead atoms. The van der Waals surface area contributed by atoms with Gasteiger partial charge in [-0.15, -0.1) is 10.2 Å². The first kappa shape index (κ1) is 13.3. The first-order valence-corrected chi connectivity index (χ1v) is 6.06. The quantitative estimate of drug-likeness (QED) is 0.865. The fourth-order valence-electron chi connectivity index (χ4n) is 1.54. The molecular weight excluding hydrogens is 268 g/mol. The standard InChI is InChI=1S/C11H13ClN6O/c1-2-18-6-15-17-9(18)5-14-11(19)10-7(12)3-4-8(13)16-10/h3-4,6H,2,5H2,1H3,(H2,13,16)(H,14,19). The Kier molecular flexibility index (Phi) is 3.96. The van der Waals surface area contributed by atoms with Gasteiger partial charge in [-0.2, -0.15) is 0 Å². The molecule has 100 valence electrons. The van der Waals surface area contributed by atoms with Gasteiger partial charge in [0.25, 0.3) is 5.91 Å². The molecule has 0 aliphatic heterocycles. The zero-order valence-electron chi connectivity index (χ0n) is 10.3. The molecule has 0 aliphatic rings. The normalized spacial score (nSPS) is 10.4. The molecule has 7 nitrogen and oxygen atoms in total. The summed E-state index contributed by atoms with van der Waals surface area (Å²) in [5.41, 5.74) is 5.63. The van der Waals surface area contributed by atoms with Crippen LogP contribution in [0.15, 0.2) is 18.5 Å². The van der Waals surface area contributed by atoms with Crippen molar-refractivity contribution < 1.29 is 4.79 Å². The second kappa shape index (κ2) is 5.66. The number of rotatable bonds is 4. The number of aryl methyl sites for hydroxylation is 1. The van der Waals surface area contributed by atoms with Crippen LogP contribution in [-0.2, 0) is 13.1 Å². The molecule has 0 aromatic carbocycles. The largest absolute Gasteiger partial charge is 0.384 e. The summed E-state index contributed by atoms with van der Waals surface area (Å²) in [6.07, 6.45) is 1.60. The Labute approximate surface area is 114 Å². The smallest absolute Gasteiger partial charge is 0.271 e. The van der Waals surface area contributed by atoms with Gasteiger partial charge in [0.1, 0.15) is 17.8 Å². The summed E-state index contributed by atoms with van der Waals surface area (Å²) < 4.78 is 1.83. The van der Waals surface area contributed by atoms with Crippen molar-refractivity contribution >= 4 is 23.3 Å². The van der Waals surface area contributed by atoms with E-state index in [9.17, 15) is 4.79 Å². The molecule has 2 heterocycles. The highest BCUT2D eigenvalue weighted by atomic mass is 35.5. The molecule has 3 N–H and O–H groups in total. The molecule has 0 atom stereocenters. The molecule has 1 amide bonds. The Balaban J connectivity index is 2.07. The van der Waals surface area contributed by atoms with Crippen LogP contribution in [0.1, 0.15) is 23.2 Å². The van der Waals surface area contributed by atoms with Gasteiger partial charge >= 0.3 is 0 Å². The van der Waals surface area contributed by atoms with Gasteiger partial charge in [0.15, 0.2) is 5.82 Å². The summed E-state index contributed by atoms with van der Waals surface area (Å²) >= 11 is 5.90. The average molecular weight is 281 g/mol. The van der Waals surface area contributed by atoms with E-state index in [0.717, 1.165) is 6.54 Å². The number of pyridine rings is 1. The van der Waals surface area contributed by atoms with Crippen molar-refractivity contribution in [1.82, 2.24) is 25.1 Å². The van der Waals surface area contributed by atoms with Gasteiger partial charge < -0.3 is 15.6 Å². The Hall–Kier alpha value is -2.15. The molecule has 19 heavy (non-hydrogen) atoms. The number of nitrogens with zero attached hydrogens (tertiary/aromatic N) is 4. The second-order valence-electron chi connectivity index (χ2n) is 3.78. The number of nitrogen functional groups attached to an aromatic ring is 1. The van der Waals surface area contributed by atoms with Crippen LogP contribution in [-0.4, -0.2) is 25.7 Å². The zero-order chi connectivity index (χ0) is 13.8. The SMILES string of the molecule is CCn1cnnc1CNC(=O)c1nc(N)ccc1Cl. The monoisotopic (exact) mass is 280 g/mol. The van der Waals surface area contributed by atoms with E-state index in [1.54, 1.807) is 6.33 Å². The van der Waals surface area contributed by atoms with Crippen molar-refractivity contribution in [3.05, 3.63) is 35.0 Å². The first-order valence-electron chi connectivity index (χ1n) is 5.68. The number of nitrogens with one attached hydrogen (secondary N) is 1. The number of amides is 1. The molecule has 0 saturated carbocycles. The highest BCUT2D eigenvalue weighted by molar-refractivity contribution is 6.33. The lowest BCUT2D eigenvalue weighted by atomic mass is 10.3.